The maximum atomic E-state index is 6.15. The lowest BCUT2D eigenvalue weighted by atomic mass is 10.3. The maximum absolute atomic E-state index is 6.15. The van der Waals surface area contributed by atoms with Crippen molar-refractivity contribution in [1.82, 2.24) is 9.97 Å². The minimum Gasteiger partial charge on any atom is -0.495 e. The second-order valence-electron chi connectivity index (χ2n) is 5.44. The minimum atomic E-state index is 0.547. The molecule has 0 aliphatic carbocycles. The van der Waals surface area contributed by atoms with Crippen molar-refractivity contribution in [1.29, 1.82) is 0 Å². The number of hydrogen-bond acceptors (Lipinski definition) is 5. The first-order valence-electron chi connectivity index (χ1n) is 7.71. The van der Waals surface area contributed by atoms with Gasteiger partial charge in [-0.1, -0.05) is 24.9 Å². The predicted molar refractivity (Wildman–Crippen MR) is 96.2 cm³/mol. The van der Waals surface area contributed by atoms with Crippen molar-refractivity contribution in [3.05, 3.63) is 35.0 Å². The molecule has 0 bridgehead atoms. The maximum Gasteiger partial charge on any atom is 0.229 e. The first kappa shape index (κ1) is 17.3. The fourth-order valence-corrected chi connectivity index (χ4v) is 2.44. The summed E-state index contributed by atoms with van der Waals surface area (Å²) in [6.07, 6.45) is 2.29. The highest BCUT2D eigenvalue weighted by Crippen LogP contribution is 2.28. The lowest BCUT2D eigenvalue weighted by Crippen LogP contribution is -2.20. The first-order chi connectivity index (χ1) is 11.0. The number of hydrogen-bond donors (Lipinski definition) is 1. The number of nitrogens with zero attached hydrogens (tertiary/aromatic N) is 3. The number of unbranched alkanes of at least 4 members (excludes halogenated alkanes) is 1. The average molecular weight is 335 g/mol. The van der Waals surface area contributed by atoms with Crippen LogP contribution in [0.25, 0.3) is 0 Å². The van der Waals surface area contributed by atoms with E-state index in [4.69, 9.17) is 16.3 Å². The zero-order valence-corrected chi connectivity index (χ0v) is 14.8. The monoisotopic (exact) mass is 334 g/mol. The zero-order valence-electron chi connectivity index (χ0n) is 14.1. The lowest BCUT2D eigenvalue weighted by Gasteiger charge is -2.19. The highest BCUT2D eigenvalue weighted by Gasteiger charge is 2.08. The van der Waals surface area contributed by atoms with Gasteiger partial charge in [0.25, 0.3) is 0 Å². The van der Waals surface area contributed by atoms with Crippen LogP contribution in [0.5, 0.6) is 5.75 Å². The molecule has 5 nitrogen and oxygen atoms in total. The van der Waals surface area contributed by atoms with E-state index in [0.29, 0.717) is 16.7 Å². The Morgan fingerprint density at radius 3 is 2.70 bits per heavy atom. The van der Waals surface area contributed by atoms with Crippen LogP contribution < -0.4 is 15.0 Å². The molecule has 1 aromatic heterocycles. The molecule has 2 rings (SSSR count). The van der Waals surface area contributed by atoms with Gasteiger partial charge in [0.15, 0.2) is 0 Å². The van der Waals surface area contributed by atoms with Crippen LogP contribution in [0.2, 0.25) is 5.02 Å². The highest BCUT2D eigenvalue weighted by atomic mass is 35.5. The molecule has 0 saturated carbocycles. The molecule has 6 heteroatoms. The molecule has 0 radical (unpaired) electrons. The van der Waals surface area contributed by atoms with Crippen LogP contribution in [-0.2, 0) is 0 Å². The molecule has 0 aliphatic rings. The van der Waals surface area contributed by atoms with Crippen LogP contribution in [0, 0.1) is 6.92 Å². The van der Waals surface area contributed by atoms with Gasteiger partial charge in [-0.3, -0.25) is 0 Å². The highest BCUT2D eigenvalue weighted by molar-refractivity contribution is 6.32. The van der Waals surface area contributed by atoms with Crippen LogP contribution >= 0.6 is 11.6 Å². The number of nitrogens with one attached hydrogen (secondary N) is 1. The molecular formula is C17H23ClN4O. The van der Waals surface area contributed by atoms with Crippen LogP contribution in [-0.4, -0.2) is 30.7 Å². The summed E-state index contributed by atoms with van der Waals surface area (Å²) < 4.78 is 5.16. The van der Waals surface area contributed by atoms with E-state index in [0.717, 1.165) is 36.6 Å². The van der Waals surface area contributed by atoms with E-state index in [9.17, 15) is 0 Å². The van der Waals surface area contributed by atoms with Crippen molar-refractivity contribution in [2.24, 2.45) is 0 Å². The van der Waals surface area contributed by atoms with E-state index in [1.54, 1.807) is 13.2 Å². The van der Waals surface area contributed by atoms with E-state index in [2.05, 4.69) is 27.1 Å². The number of aromatic nitrogens is 2. The summed E-state index contributed by atoms with van der Waals surface area (Å²) in [5.74, 6) is 2.11. The number of halogens is 1. The Morgan fingerprint density at radius 1 is 1.26 bits per heavy atom. The summed E-state index contributed by atoms with van der Waals surface area (Å²) in [5.41, 5.74) is 1.74. The van der Waals surface area contributed by atoms with Gasteiger partial charge in [-0.2, -0.15) is 4.98 Å². The number of ether oxygens (including phenoxy) is 1. The van der Waals surface area contributed by atoms with Gasteiger partial charge < -0.3 is 15.0 Å². The third-order valence-electron chi connectivity index (χ3n) is 3.49. The molecule has 0 unspecified atom stereocenters. The Kier molecular flexibility index (Phi) is 6.04. The van der Waals surface area contributed by atoms with E-state index >= 15 is 0 Å². The second-order valence-corrected chi connectivity index (χ2v) is 5.85. The van der Waals surface area contributed by atoms with Gasteiger partial charge in [0.05, 0.1) is 12.1 Å². The van der Waals surface area contributed by atoms with Gasteiger partial charge in [-0.05, 0) is 31.5 Å². The number of benzene rings is 1. The van der Waals surface area contributed by atoms with E-state index in [1.165, 1.54) is 0 Å². The number of aryl methyl sites for hydroxylation is 1. The fourth-order valence-electron chi connectivity index (χ4n) is 2.19. The normalized spacial score (nSPS) is 10.5. The third kappa shape index (κ3) is 4.73. The SMILES string of the molecule is CCCCN(C)c1cc(C)nc(Nc2ccc(OC)c(Cl)c2)n1. The van der Waals surface area contributed by atoms with Gasteiger partial charge >= 0.3 is 0 Å². The topological polar surface area (TPSA) is 50.3 Å². The molecule has 0 saturated heterocycles. The average Bonchev–Trinajstić information content (AvgIpc) is 2.52. The van der Waals surface area contributed by atoms with Crippen LogP contribution in [0.4, 0.5) is 17.5 Å². The Balaban J connectivity index is 2.19. The second kappa shape index (κ2) is 8.02. The fraction of sp³-hybridized carbons (Fsp3) is 0.412. The van der Waals surface area contributed by atoms with E-state index < -0.39 is 0 Å². The van der Waals surface area contributed by atoms with Crippen molar-refractivity contribution in [2.45, 2.75) is 26.7 Å². The van der Waals surface area contributed by atoms with Crippen molar-refractivity contribution in [2.75, 3.05) is 30.9 Å². The van der Waals surface area contributed by atoms with E-state index in [1.807, 2.05) is 32.2 Å². The van der Waals surface area contributed by atoms with Gasteiger partial charge in [0, 0.05) is 31.0 Å². The Morgan fingerprint density at radius 2 is 2.04 bits per heavy atom. The molecule has 0 amide bonds. The smallest absolute Gasteiger partial charge is 0.229 e. The molecular weight excluding hydrogens is 312 g/mol. The third-order valence-corrected chi connectivity index (χ3v) is 3.78. The van der Waals surface area contributed by atoms with Crippen molar-refractivity contribution >= 4 is 29.1 Å². The molecule has 0 spiro atoms. The molecule has 1 aromatic carbocycles. The predicted octanol–water partition coefficient (Wildman–Crippen LogP) is 4.43. The summed E-state index contributed by atoms with van der Waals surface area (Å²) >= 11 is 6.15. The minimum absolute atomic E-state index is 0.547. The molecule has 2 aromatic rings. The molecule has 1 heterocycles. The van der Waals surface area contributed by atoms with Crippen molar-refractivity contribution in [3.63, 3.8) is 0 Å². The molecule has 0 fully saturated rings. The van der Waals surface area contributed by atoms with Gasteiger partial charge in [0.2, 0.25) is 5.95 Å². The van der Waals surface area contributed by atoms with Crippen molar-refractivity contribution in [3.8, 4) is 5.75 Å². The molecule has 0 atom stereocenters. The number of anilines is 3. The van der Waals surface area contributed by atoms with Crippen LogP contribution in [0.15, 0.2) is 24.3 Å². The Hall–Kier alpha value is -2.01. The summed E-state index contributed by atoms with van der Waals surface area (Å²) in [5, 5.41) is 3.75. The van der Waals surface area contributed by atoms with Crippen molar-refractivity contribution < 1.29 is 4.74 Å². The van der Waals surface area contributed by atoms with E-state index in [-0.39, 0.29) is 0 Å². The summed E-state index contributed by atoms with van der Waals surface area (Å²) in [7, 11) is 3.64. The van der Waals surface area contributed by atoms with Gasteiger partial charge in [-0.25, -0.2) is 4.98 Å². The first-order valence-corrected chi connectivity index (χ1v) is 8.08. The van der Waals surface area contributed by atoms with Crippen LogP contribution in [0.3, 0.4) is 0 Å². The standard InChI is InChI=1S/C17H23ClN4O/c1-5-6-9-22(3)16-10-12(2)19-17(21-16)20-13-7-8-15(23-4)14(18)11-13/h7-8,10-11H,5-6,9H2,1-4H3,(H,19,20,21). The van der Waals surface area contributed by atoms with Gasteiger partial charge in [-0.15, -0.1) is 0 Å². The lowest BCUT2D eigenvalue weighted by molar-refractivity contribution is 0.415. The molecule has 0 aliphatic heterocycles. The summed E-state index contributed by atoms with van der Waals surface area (Å²) in [6.45, 7) is 5.12. The van der Waals surface area contributed by atoms with Crippen LogP contribution in [0.1, 0.15) is 25.5 Å². The Labute approximate surface area is 142 Å². The quantitative estimate of drug-likeness (QED) is 0.811. The van der Waals surface area contributed by atoms with Gasteiger partial charge in [0.1, 0.15) is 11.6 Å². The molecule has 124 valence electrons. The number of methoxy groups -OCH3 is 1. The zero-order chi connectivity index (χ0) is 16.8. The summed E-state index contributed by atoms with van der Waals surface area (Å²) in [4.78, 5) is 11.2. The Bertz CT molecular complexity index is 663. The number of rotatable bonds is 7. The summed E-state index contributed by atoms with van der Waals surface area (Å²) in [6, 6.07) is 7.49. The molecule has 1 N–H and O–H groups in total. The molecule has 23 heavy (non-hydrogen) atoms. The largest absolute Gasteiger partial charge is 0.495 e.